The highest BCUT2D eigenvalue weighted by Gasteiger charge is 2.10. The number of oxazole rings is 1. The number of rotatable bonds is 3. The van der Waals surface area contributed by atoms with Gasteiger partial charge < -0.3 is 4.42 Å². The highest BCUT2D eigenvalue weighted by molar-refractivity contribution is 5.72. The Balaban J connectivity index is 1.60. The van der Waals surface area contributed by atoms with Gasteiger partial charge in [-0.3, -0.25) is 0 Å². The van der Waals surface area contributed by atoms with Crippen molar-refractivity contribution in [3.63, 3.8) is 0 Å². The lowest BCUT2D eigenvalue weighted by Crippen LogP contribution is -2.04. The van der Waals surface area contributed by atoms with Crippen LogP contribution in [0.25, 0.3) is 22.5 Å². The van der Waals surface area contributed by atoms with Crippen LogP contribution in [0.1, 0.15) is 5.89 Å². The van der Waals surface area contributed by atoms with E-state index in [0.29, 0.717) is 17.3 Å². The van der Waals surface area contributed by atoms with E-state index in [4.69, 9.17) is 4.42 Å². The zero-order valence-corrected chi connectivity index (χ0v) is 11.3. The van der Waals surface area contributed by atoms with E-state index in [-0.39, 0.29) is 12.4 Å². The Morgan fingerprint density at radius 1 is 1.05 bits per heavy atom. The summed E-state index contributed by atoms with van der Waals surface area (Å²) in [6.45, 7) is 0.281. The van der Waals surface area contributed by atoms with E-state index in [0.717, 1.165) is 11.1 Å². The minimum atomic E-state index is -0.303. The zero-order chi connectivity index (χ0) is 14.9. The second-order valence-electron chi connectivity index (χ2n) is 4.73. The van der Waals surface area contributed by atoms with Crippen LogP contribution in [-0.2, 0) is 6.54 Å². The van der Waals surface area contributed by atoms with E-state index in [1.54, 1.807) is 12.1 Å². The Labute approximate surface area is 124 Å². The lowest BCUT2D eigenvalue weighted by molar-refractivity contribution is 0.459. The summed E-state index contributed by atoms with van der Waals surface area (Å²) in [4.78, 5) is 5.75. The highest BCUT2D eigenvalue weighted by Crippen LogP contribution is 2.16. The van der Waals surface area contributed by atoms with Gasteiger partial charge in [0.2, 0.25) is 11.7 Å². The van der Waals surface area contributed by atoms with Crippen molar-refractivity contribution in [3.05, 3.63) is 60.2 Å². The Morgan fingerprint density at radius 3 is 2.68 bits per heavy atom. The second-order valence-corrected chi connectivity index (χ2v) is 4.73. The molecular weight excluding hydrogens is 285 g/mol. The standard InChI is InChI=1S/C15H10FN5O/c16-11-7-5-10(6-8-11)15-18-20-21(19-15)9-14-17-12-3-1-2-4-13(12)22-14/h1-8H,9H2. The van der Waals surface area contributed by atoms with Crippen molar-refractivity contribution in [3.8, 4) is 11.4 Å². The number of hydrogen-bond acceptors (Lipinski definition) is 5. The first kappa shape index (κ1) is 12.6. The molecule has 22 heavy (non-hydrogen) atoms. The van der Waals surface area contributed by atoms with Crippen molar-refractivity contribution < 1.29 is 8.81 Å². The van der Waals surface area contributed by atoms with Gasteiger partial charge in [0, 0.05) is 5.56 Å². The molecule has 2 aromatic heterocycles. The smallest absolute Gasteiger partial charge is 0.219 e. The van der Waals surface area contributed by atoms with Crippen molar-refractivity contribution in [1.82, 2.24) is 25.2 Å². The molecule has 0 N–H and O–H groups in total. The molecule has 0 bridgehead atoms. The van der Waals surface area contributed by atoms with Crippen LogP contribution in [0.2, 0.25) is 0 Å². The van der Waals surface area contributed by atoms with Gasteiger partial charge in [-0.15, -0.1) is 10.2 Å². The van der Waals surface area contributed by atoms with E-state index in [1.807, 2.05) is 24.3 Å². The van der Waals surface area contributed by atoms with Gasteiger partial charge >= 0.3 is 0 Å². The number of halogens is 1. The second kappa shape index (κ2) is 5.03. The average Bonchev–Trinajstić information content (AvgIpc) is 3.14. The Kier molecular flexibility index (Phi) is 2.89. The molecule has 4 aromatic rings. The third kappa shape index (κ3) is 2.32. The van der Waals surface area contributed by atoms with E-state index in [1.165, 1.54) is 16.9 Å². The molecule has 0 unspecified atom stereocenters. The first-order chi connectivity index (χ1) is 10.8. The zero-order valence-electron chi connectivity index (χ0n) is 11.3. The first-order valence-corrected chi connectivity index (χ1v) is 6.66. The van der Waals surface area contributed by atoms with Crippen molar-refractivity contribution in [2.45, 2.75) is 6.54 Å². The van der Waals surface area contributed by atoms with E-state index in [9.17, 15) is 4.39 Å². The average molecular weight is 295 g/mol. The predicted octanol–water partition coefficient (Wildman–Crippen LogP) is 2.67. The van der Waals surface area contributed by atoms with Crippen LogP contribution in [0, 0.1) is 5.82 Å². The van der Waals surface area contributed by atoms with Gasteiger partial charge in [0.1, 0.15) is 17.9 Å². The maximum atomic E-state index is 12.9. The number of para-hydroxylation sites is 2. The molecule has 6 nitrogen and oxygen atoms in total. The van der Waals surface area contributed by atoms with Gasteiger partial charge in [0.05, 0.1) is 0 Å². The third-order valence-corrected chi connectivity index (χ3v) is 3.17. The molecule has 0 radical (unpaired) electrons. The number of benzene rings is 2. The lowest BCUT2D eigenvalue weighted by atomic mass is 10.2. The Morgan fingerprint density at radius 2 is 1.86 bits per heavy atom. The maximum absolute atomic E-state index is 12.9. The molecule has 108 valence electrons. The molecule has 0 saturated heterocycles. The molecule has 0 amide bonds. The van der Waals surface area contributed by atoms with E-state index < -0.39 is 0 Å². The minimum Gasteiger partial charge on any atom is -0.439 e. The summed E-state index contributed by atoms with van der Waals surface area (Å²) in [6, 6.07) is 13.4. The van der Waals surface area contributed by atoms with Gasteiger partial charge in [-0.25, -0.2) is 9.37 Å². The van der Waals surface area contributed by atoms with Crippen molar-refractivity contribution in [2.24, 2.45) is 0 Å². The summed E-state index contributed by atoms with van der Waals surface area (Å²) < 4.78 is 18.5. The molecule has 0 fully saturated rings. The summed E-state index contributed by atoms with van der Waals surface area (Å²) in [5, 5.41) is 12.2. The van der Waals surface area contributed by atoms with Gasteiger partial charge in [0.15, 0.2) is 5.58 Å². The van der Waals surface area contributed by atoms with Gasteiger partial charge in [-0.2, -0.15) is 4.80 Å². The fraction of sp³-hybridized carbons (Fsp3) is 0.0667. The molecule has 2 heterocycles. The molecule has 2 aromatic carbocycles. The number of aromatic nitrogens is 5. The van der Waals surface area contributed by atoms with Crippen molar-refractivity contribution in [1.29, 1.82) is 0 Å². The lowest BCUT2D eigenvalue weighted by Gasteiger charge is -1.94. The number of tetrazole rings is 1. The normalized spacial score (nSPS) is 11.1. The summed E-state index contributed by atoms with van der Waals surface area (Å²) in [5.74, 6) is 0.628. The van der Waals surface area contributed by atoms with Gasteiger partial charge in [-0.1, -0.05) is 12.1 Å². The van der Waals surface area contributed by atoms with Crippen LogP contribution >= 0.6 is 0 Å². The fourth-order valence-electron chi connectivity index (χ4n) is 2.13. The first-order valence-electron chi connectivity index (χ1n) is 6.66. The van der Waals surface area contributed by atoms with Crippen LogP contribution in [-0.4, -0.2) is 25.2 Å². The summed E-state index contributed by atoms with van der Waals surface area (Å²) >= 11 is 0. The molecule has 0 saturated carbocycles. The summed E-state index contributed by atoms with van der Waals surface area (Å²) in [5.41, 5.74) is 2.21. The Bertz CT molecular complexity index is 895. The minimum absolute atomic E-state index is 0.281. The largest absolute Gasteiger partial charge is 0.439 e. The summed E-state index contributed by atoms with van der Waals surface area (Å²) in [6.07, 6.45) is 0. The maximum Gasteiger partial charge on any atom is 0.219 e. The van der Waals surface area contributed by atoms with Crippen LogP contribution in [0.5, 0.6) is 0 Å². The van der Waals surface area contributed by atoms with Crippen molar-refractivity contribution >= 4 is 11.1 Å². The third-order valence-electron chi connectivity index (χ3n) is 3.17. The predicted molar refractivity (Wildman–Crippen MR) is 76.3 cm³/mol. The number of hydrogen-bond donors (Lipinski definition) is 0. The molecule has 0 spiro atoms. The molecule has 0 aliphatic heterocycles. The van der Waals surface area contributed by atoms with Gasteiger partial charge in [0.25, 0.3) is 0 Å². The van der Waals surface area contributed by atoms with Crippen LogP contribution < -0.4 is 0 Å². The molecule has 0 aliphatic carbocycles. The molecular formula is C15H10FN5O. The van der Waals surface area contributed by atoms with Crippen LogP contribution in [0.4, 0.5) is 4.39 Å². The summed E-state index contributed by atoms with van der Waals surface area (Å²) in [7, 11) is 0. The SMILES string of the molecule is Fc1ccc(-c2nnn(Cc3nc4ccccc4o3)n2)cc1. The quantitative estimate of drug-likeness (QED) is 0.581. The van der Waals surface area contributed by atoms with E-state index >= 15 is 0 Å². The van der Waals surface area contributed by atoms with E-state index in [2.05, 4.69) is 20.4 Å². The Hall–Kier alpha value is -3.09. The molecule has 0 aliphatic rings. The molecule has 0 atom stereocenters. The van der Waals surface area contributed by atoms with Crippen LogP contribution in [0.3, 0.4) is 0 Å². The van der Waals surface area contributed by atoms with Gasteiger partial charge in [-0.05, 0) is 41.6 Å². The topological polar surface area (TPSA) is 69.6 Å². The highest BCUT2D eigenvalue weighted by atomic mass is 19.1. The number of nitrogens with zero attached hydrogens (tertiary/aromatic N) is 5. The molecule has 4 rings (SSSR count). The molecule has 7 heteroatoms. The fourth-order valence-corrected chi connectivity index (χ4v) is 2.13. The van der Waals surface area contributed by atoms with Crippen LogP contribution in [0.15, 0.2) is 52.9 Å². The van der Waals surface area contributed by atoms with Crippen molar-refractivity contribution in [2.75, 3.05) is 0 Å². The monoisotopic (exact) mass is 295 g/mol. The number of fused-ring (bicyclic) bond motifs is 1.